The minimum absolute atomic E-state index is 0.0572. The number of nitrogens with zero attached hydrogens (tertiary/aromatic N) is 1. The van der Waals surface area contributed by atoms with E-state index < -0.39 is 43.1 Å². The van der Waals surface area contributed by atoms with E-state index >= 15 is 0 Å². The van der Waals surface area contributed by atoms with E-state index in [0.29, 0.717) is 38.8 Å². The molecule has 1 fully saturated rings. The number of methoxy groups -OCH3 is 1. The zero-order chi connectivity index (χ0) is 27.3. The maximum atomic E-state index is 13.7. The molecule has 0 spiro atoms. The van der Waals surface area contributed by atoms with Crippen molar-refractivity contribution in [3.63, 3.8) is 0 Å². The Bertz CT molecular complexity index is 1030. The SMILES string of the molecule is COCCCC(NC(=O)[C@@H]1CCCN1C(=O)[C@H](Cc1ccccc1)NC(=O)OCc1ccccc1)B(O)O. The molecule has 3 amide bonds. The molecule has 0 saturated carbocycles. The van der Waals surface area contributed by atoms with Crippen LogP contribution in [0.3, 0.4) is 0 Å². The number of nitrogens with one attached hydrogen (secondary N) is 2. The highest BCUT2D eigenvalue weighted by molar-refractivity contribution is 6.43. The summed E-state index contributed by atoms with van der Waals surface area (Å²) in [6.45, 7) is 0.820. The van der Waals surface area contributed by atoms with Gasteiger partial charge in [-0.15, -0.1) is 0 Å². The fourth-order valence-electron chi connectivity index (χ4n) is 4.48. The van der Waals surface area contributed by atoms with E-state index in [9.17, 15) is 24.4 Å². The van der Waals surface area contributed by atoms with Crippen molar-refractivity contribution in [3.05, 3.63) is 71.8 Å². The zero-order valence-corrected chi connectivity index (χ0v) is 21.6. The third kappa shape index (κ3) is 8.86. The molecule has 2 aromatic carbocycles. The normalized spacial score (nSPS) is 16.4. The van der Waals surface area contributed by atoms with Crippen molar-refractivity contribution in [2.75, 3.05) is 20.3 Å². The van der Waals surface area contributed by atoms with Crippen LogP contribution in [0.5, 0.6) is 0 Å². The van der Waals surface area contributed by atoms with Crippen LogP contribution in [0.1, 0.15) is 36.8 Å². The minimum Gasteiger partial charge on any atom is -0.445 e. The molecule has 3 atom stereocenters. The lowest BCUT2D eigenvalue weighted by Crippen LogP contribution is -2.56. The highest BCUT2D eigenvalue weighted by Crippen LogP contribution is 2.20. The highest BCUT2D eigenvalue weighted by Gasteiger charge is 2.39. The summed E-state index contributed by atoms with van der Waals surface area (Å²) in [5.74, 6) is -1.75. The van der Waals surface area contributed by atoms with Crippen LogP contribution < -0.4 is 10.6 Å². The summed E-state index contributed by atoms with van der Waals surface area (Å²) in [6.07, 6.45) is 1.37. The van der Waals surface area contributed by atoms with Crippen LogP contribution in [0.4, 0.5) is 4.79 Å². The first-order valence-electron chi connectivity index (χ1n) is 12.9. The first kappa shape index (κ1) is 29.2. The number of hydrogen-bond acceptors (Lipinski definition) is 7. The van der Waals surface area contributed by atoms with E-state index in [1.54, 1.807) is 7.11 Å². The predicted octanol–water partition coefficient (Wildman–Crippen LogP) is 1.44. The molecular weight excluding hydrogens is 489 g/mol. The van der Waals surface area contributed by atoms with Crippen molar-refractivity contribution in [2.24, 2.45) is 0 Å². The number of ether oxygens (including phenoxy) is 2. The Balaban J connectivity index is 1.69. The van der Waals surface area contributed by atoms with Gasteiger partial charge < -0.3 is 35.1 Å². The Labute approximate surface area is 223 Å². The van der Waals surface area contributed by atoms with Crippen LogP contribution in [0.25, 0.3) is 0 Å². The van der Waals surface area contributed by atoms with Crippen LogP contribution in [-0.2, 0) is 32.1 Å². The predicted molar refractivity (Wildman–Crippen MR) is 142 cm³/mol. The molecule has 4 N–H and O–H groups in total. The van der Waals surface area contributed by atoms with Gasteiger partial charge in [0.25, 0.3) is 0 Å². The lowest BCUT2D eigenvalue weighted by Gasteiger charge is -2.30. The third-order valence-corrected chi connectivity index (χ3v) is 6.48. The fraction of sp³-hybridized carbons (Fsp3) is 0.444. The second kappa shape index (κ2) is 15.1. The number of carbonyl (C=O) groups is 3. The molecule has 1 aliphatic rings. The summed E-state index contributed by atoms with van der Waals surface area (Å²) in [5.41, 5.74) is 1.66. The van der Waals surface area contributed by atoms with Crippen LogP contribution in [0.15, 0.2) is 60.7 Å². The highest BCUT2D eigenvalue weighted by atomic mass is 16.5. The maximum Gasteiger partial charge on any atom is 0.475 e. The lowest BCUT2D eigenvalue weighted by atomic mass is 9.76. The van der Waals surface area contributed by atoms with Crippen LogP contribution in [0, 0.1) is 0 Å². The summed E-state index contributed by atoms with van der Waals surface area (Å²) in [5, 5.41) is 24.8. The Morgan fingerprint density at radius 3 is 2.32 bits per heavy atom. The van der Waals surface area contributed by atoms with Crippen molar-refractivity contribution in [3.8, 4) is 0 Å². The molecule has 0 radical (unpaired) electrons. The van der Waals surface area contributed by atoms with E-state index in [-0.39, 0.29) is 13.0 Å². The molecule has 204 valence electrons. The monoisotopic (exact) mass is 525 g/mol. The van der Waals surface area contributed by atoms with E-state index in [1.807, 2.05) is 60.7 Å². The zero-order valence-electron chi connectivity index (χ0n) is 21.6. The molecule has 3 rings (SSSR count). The third-order valence-electron chi connectivity index (χ3n) is 6.48. The molecule has 1 aliphatic heterocycles. The van der Waals surface area contributed by atoms with Crippen LogP contribution in [-0.4, -0.2) is 78.3 Å². The van der Waals surface area contributed by atoms with Gasteiger partial charge in [0.1, 0.15) is 18.7 Å². The number of likely N-dealkylation sites (tertiary alicyclic amines) is 1. The number of carbonyl (C=O) groups excluding carboxylic acids is 3. The second-order valence-corrected chi connectivity index (χ2v) is 9.30. The van der Waals surface area contributed by atoms with Crippen molar-refractivity contribution >= 4 is 25.0 Å². The molecule has 1 unspecified atom stereocenters. The number of benzene rings is 2. The average molecular weight is 525 g/mol. The topological polar surface area (TPSA) is 137 Å². The summed E-state index contributed by atoms with van der Waals surface area (Å²) < 4.78 is 10.3. The van der Waals surface area contributed by atoms with Gasteiger partial charge in [0, 0.05) is 26.7 Å². The van der Waals surface area contributed by atoms with Crippen LogP contribution in [0.2, 0.25) is 0 Å². The Kier molecular flexibility index (Phi) is 11.6. The van der Waals surface area contributed by atoms with Crippen molar-refractivity contribution < 1.29 is 33.9 Å². The molecule has 1 heterocycles. The Morgan fingerprint density at radius 2 is 1.68 bits per heavy atom. The van der Waals surface area contributed by atoms with Gasteiger partial charge in [-0.3, -0.25) is 9.59 Å². The van der Waals surface area contributed by atoms with E-state index in [4.69, 9.17) is 9.47 Å². The Hall–Kier alpha value is -3.41. The van der Waals surface area contributed by atoms with E-state index in [0.717, 1.165) is 11.1 Å². The first-order chi connectivity index (χ1) is 18.4. The fourth-order valence-corrected chi connectivity index (χ4v) is 4.48. The maximum absolute atomic E-state index is 13.7. The minimum atomic E-state index is -1.74. The number of amides is 3. The summed E-state index contributed by atoms with van der Waals surface area (Å²) in [4.78, 5) is 40.9. The van der Waals surface area contributed by atoms with Crippen molar-refractivity contribution in [1.82, 2.24) is 15.5 Å². The second-order valence-electron chi connectivity index (χ2n) is 9.30. The van der Waals surface area contributed by atoms with Gasteiger partial charge in [0.15, 0.2) is 0 Å². The molecule has 0 aromatic heterocycles. The molecule has 0 bridgehead atoms. The van der Waals surface area contributed by atoms with Gasteiger partial charge >= 0.3 is 13.2 Å². The van der Waals surface area contributed by atoms with Crippen molar-refractivity contribution in [2.45, 2.75) is 56.7 Å². The quantitative estimate of drug-likeness (QED) is 0.229. The smallest absolute Gasteiger partial charge is 0.445 e. The first-order valence-corrected chi connectivity index (χ1v) is 12.9. The lowest BCUT2D eigenvalue weighted by molar-refractivity contribution is -0.140. The number of hydrogen-bond donors (Lipinski definition) is 4. The van der Waals surface area contributed by atoms with Gasteiger partial charge in [-0.25, -0.2) is 4.79 Å². The number of rotatable bonds is 13. The summed E-state index contributed by atoms with van der Waals surface area (Å²) in [6, 6.07) is 16.8. The number of alkyl carbamates (subject to hydrolysis) is 1. The largest absolute Gasteiger partial charge is 0.475 e. The molecule has 11 heteroatoms. The van der Waals surface area contributed by atoms with Gasteiger partial charge in [-0.1, -0.05) is 60.7 Å². The molecular formula is C27H36BN3O7. The van der Waals surface area contributed by atoms with Gasteiger partial charge in [0.2, 0.25) is 11.8 Å². The van der Waals surface area contributed by atoms with Gasteiger partial charge in [0.05, 0.1) is 5.94 Å². The van der Waals surface area contributed by atoms with E-state index in [1.165, 1.54) is 4.90 Å². The summed E-state index contributed by atoms with van der Waals surface area (Å²) >= 11 is 0. The standard InChI is InChI=1S/C27H36BN3O7/c1-37-17-9-15-24(28(35)36)30-25(32)23-14-8-16-31(23)26(33)22(18-20-10-4-2-5-11-20)29-27(34)38-19-21-12-6-3-7-13-21/h2-7,10-13,22-24,35-36H,8-9,14-19H2,1H3,(H,29,34)(H,30,32)/t22-,23-,24?/m0/s1. The van der Waals surface area contributed by atoms with E-state index in [2.05, 4.69) is 10.6 Å². The molecule has 10 nitrogen and oxygen atoms in total. The van der Waals surface area contributed by atoms with Crippen LogP contribution >= 0.6 is 0 Å². The molecule has 38 heavy (non-hydrogen) atoms. The molecule has 1 saturated heterocycles. The average Bonchev–Trinajstić information content (AvgIpc) is 3.42. The van der Waals surface area contributed by atoms with Gasteiger partial charge in [-0.2, -0.15) is 0 Å². The molecule has 0 aliphatic carbocycles. The Morgan fingerprint density at radius 1 is 1.03 bits per heavy atom. The molecule has 2 aromatic rings. The van der Waals surface area contributed by atoms with Crippen molar-refractivity contribution in [1.29, 1.82) is 0 Å². The van der Waals surface area contributed by atoms with Gasteiger partial charge in [-0.05, 0) is 36.8 Å². The summed E-state index contributed by atoms with van der Waals surface area (Å²) in [7, 11) is -0.198.